The zero-order valence-electron chi connectivity index (χ0n) is 12.4. The average Bonchev–Trinajstić information content (AvgIpc) is 2.85. The first-order chi connectivity index (χ1) is 10.6. The van der Waals surface area contributed by atoms with E-state index in [1.807, 2.05) is 48.0 Å². The number of nitrogens with zero attached hydrogens (tertiary/aromatic N) is 1. The van der Waals surface area contributed by atoms with Crippen molar-refractivity contribution in [2.75, 3.05) is 6.54 Å². The molecule has 3 N–H and O–H groups in total. The summed E-state index contributed by atoms with van der Waals surface area (Å²) in [4.78, 5) is 0. The highest BCUT2D eigenvalue weighted by atomic mass is 19.1. The number of halogens is 1. The molecule has 0 aliphatic rings. The Labute approximate surface area is 128 Å². The van der Waals surface area contributed by atoms with Crippen LogP contribution in [0, 0.1) is 12.7 Å². The second-order valence-electron chi connectivity index (χ2n) is 5.54. The summed E-state index contributed by atoms with van der Waals surface area (Å²) >= 11 is 0. The molecule has 0 unspecified atom stereocenters. The molecular weight excluding hydrogens is 279 g/mol. The molecule has 1 heterocycles. The molecule has 3 aromatic rings. The minimum atomic E-state index is -0.720. The number of aryl methyl sites for hydroxylation is 1. The number of aliphatic hydroxyl groups is 1. The zero-order valence-corrected chi connectivity index (χ0v) is 12.4. The van der Waals surface area contributed by atoms with Gasteiger partial charge in [-0.2, -0.15) is 0 Å². The van der Waals surface area contributed by atoms with Crippen LogP contribution in [0.5, 0.6) is 0 Å². The van der Waals surface area contributed by atoms with E-state index in [1.54, 1.807) is 6.07 Å². The lowest BCUT2D eigenvalue weighted by molar-refractivity contribution is 0.140. The maximum atomic E-state index is 13.5. The molecule has 0 radical (unpaired) electrons. The Balaban J connectivity index is 2.21. The molecule has 0 bridgehead atoms. The topological polar surface area (TPSA) is 51.2 Å². The summed E-state index contributed by atoms with van der Waals surface area (Å²) in [5, 5.41) is 11.3. The van der Waals surface area contributed by atoms with E-state index in [0.717, 1.165) is 22.0 Å². The number of aliphatic hydroxyl groups excluding tert-OH is 1. The largest absolute Gasteiger partial charge is 0.389 e. The van der Waals surface area contributed by atoms with Crippen LogP contribution in [0.4, 0.5) is 4.39 Å². The number of hydrogen-bond acceptors (Lipinski definition) is 2. The van der Waals surface area contributed by atoms with Crippen molar-refractivity contribution in [1.82, 2.24) is 4.57 Å². The summed E-state index contributed by atoms with van der Waals surface area (Å²) in [5.41, 5.74) is 8.53. The van der Waals surface area contributed by atoms with E-state index < -0.39 is 6.10 Å². The first-order valence-electron chi connectivity index (χ1n) is 7.31. The third-order valence-corrected chi connectivity index (χ3v) is 4.04. The van der Waals surface area contributed by atoms with Crippen LogP contribution < -0.4 is 5.73 Å². The summed E-state index contributed by atoms with van der Waals surface area (Å²) < 4.78 is 15.5. The van der Waals surface area contributed by atoms with Crippen LogP contribution in [0.25, 0.3) is 10.9 Å². The molecule has 0 aliphatic carbocycles. The Bertz CT molecular complexity index is 782. The van der Waals surface area contributed by atoms with Crippen molar-refractivity contribution in [1.29, 1.82) is 0 Å². The summed E-state index contributed by atoms with van der Waals surface area (Å²) in [6.07, 6.45) is 1.23. The minimum absolute atomic E-state index is 0.152. The van der Waals surface area contributed by atoms with Gasteiger partial charge < -0.3 is 15.4 Å². The van der Waals surface area contributed by atoms with Gasteiger partial charge in [0.15, 0.2) is 0 Å². The van der Waals surface area contributed by atoms with Crippen molar-refractivity contribution in [3.63, 3.8) is 0 Å². The summed E-state index contributed by atoms with van der Waals surface area (Å²) in [7, 11) is 0. The van der Waals surface area contributed by atoms with Gasteiger partial charge in [0.05, 0.1) is 12.1 Å². The van der Waals surface area contributed by atoms with Crippen molar-refractivity contribution < 1.29 is 9.50 Å². The van der Waals surface area contributed by atoms with Crippen LogP contribution in [0.15, 0.2) is 54.7 Å². The van der Waals surface area contributed by atoms with E-state index in [2.05, 4.69) is 0 Å². The third kappa shape index (κ3) is 2.51. The van der Waals surface area contributed by atoms with Crippen molar-refractivity contribution >= 4 is 10.9 Å². The maximum Gasteiger partial charge on any atom is 0.123 e. The lowest BCUT2D eigenvalue weighted by Gasteiger charge is -2.25. The fourth-order valence-corrected chi connectivity index (χ4v) is 2.97. The van der Waals surface area contributed by atoms with E-state index in [-0.39, 0.29) is 18.4 Å². The Morgan fingerprint density at radius 1 is 1.18 bits per heavy atom. The van der Waals surface area contributed by atoms with Crippen molar-refractivity contribution in [2.24, 2.45) is 5.73 Å². The van der Waals surface area contributed by atoms with E-state index in [0.29, 0.717) is 0 Å². The van der Waals surface area contributed by atoms with Crippen molar-refractivity contribution in [3.05, 3.63) is 71.7 Å². The number of hydrogen-bond donors (Lipinski definition) is 2. The number of rotatable bonds is 4. The molecule has 0 saturated heterocycles. The SMILES string of the molecule is Cc1cn([C@@H](c2ccccc2)[C@H](O)CN)c2ccc(F)cc12. The molecule has 4 heteroatoms. The van der Waals surface area contributed by atoms with Crippen molar-refractivity contribution in [3.8, 4) is 0 Å². The van der Waals surface area contributed by atoms with E-state index in [4.69, 9.17) is 5.73 Å². The highest BCUT2D eigenvalue weighted by Gasteiger charge is 2.23. The van der Waals surface area contributed by atoms with Gasteiger partial charge in [-0.05, 0) is 36.2 Å². The normalized spacial score (nSPS) is 14.2. The second kappa shape index (κ2) is 5.91. The molecule has 0 spiro atoms. The quantitative estimate of drug-likeness (QED) is 0.778. The van der Waals surface area contributed by atoms with Crippen LogP contribution in [-0.4, -0.2) is 22.3 Å². The summed E-state index contributed by atoms with van der Waals surface area (Å²) in [6, 6.07) is 14.2. The molecule has 22 heavy (non-hydrogen) atoms. The Morgan fingerprint density at radius 3 is 2.59 bits per heavy atom. The number of aromatic nitrogens is 1. The van der Waals surface area contributed by atoms with Crippen LogP contribution in [0.1, 0.15) is 17.2 Å². The fraction of sp³-hybridized carbons (Fsp3) is 0.222. The maximum absolute atomic E-state index is 13.5. The molecule has 0 aliphatic heterocycles. The molecule has 3 nitrogen and oxygen atoms in total. The van der Waals surface area contributed by atoms with Gasteiger partial charge in [0.2, 0.25) is 0 Å². The predicted molar refractivity (Wildman–Crippen MR) is 86.3 cm³/mol. The fourth-order valence-electron chi connectivity index (χ4n) is 2.97. The van der Waals surface area contributed by atoms with Gasteiger partial charge >= 0.3 is 0 Å². The smallest absolute Gasteiger partial charge is 0.123 e. The molecule has 114 valence electrons. The van der Waals surface area contributed by atoms with Crippen LogP contribution >= 0.6 is 0 Å². The number of fused-ring (bicyclic) bond motifs is 1. The summed E-state index contributed by atoms with van der Waals surface area (Å²) in [5.74, 6) is -0.260. The van der Waals surface area contributed by atoms with Gasteiger partial charge in [-0.15, -0.1) is 0 Å². The van der Waals surface area contributed by atoms with Crippen molar-refractivity contribution in [2.45, 2.75) is 19.1 Å². The first kappa shape index (κ1) is 14.8. The van der Waals surface area contributed by atoms with Gasteiger partial charge in [0, 0.05) is 23.6 Å². The second-order valence-corrected chi connectivity index (χ2v) is 5.54. The third-order valence-electron chi connectivity index (χ3n) is 4.04. The van der Waals surface area contributed by atoms with Crippen LogP contribution in [0.2, 0.25) is 0 Å². The minimum Gasteiger partial charge on any atom is -0.389 e. The van der Waals surface area contributed by atoms with Crippen LogP contribution in [0.3, 0.4) is 0 Å². The molecule has 0 fully saturated rings. The molecule has 1 aromatic heterocycles. The molecule has 3 rings (SSSR count). The number of nitrogens with two attached hydrogens (primary N) is 1. The molecule has 0 saturated carbocycles. The summed E-state index contributed by atoms with van der Waals surface area (Å²) in [6.45, 7) is 2.09. The molecule has 2 atom stereocenters. The highest BCUT2D eigenvalue weighted by Crippen LogP contribution is 2.30. The Hall–Kier alpha value is -2.17. The van der Waals surface area contributed by atoms with Gasteiger partial charge in [-0.3, -0.25) is 0 Å². The lowest BCUT2D eigenvalue weighted by Crippen LogP contribution is -2.31. The standard InChI is InChI=1S/C18H19FN2O/c1-12-11-21(16-8-7-14(19)9-15(12)16)18(17(22)10-20)13-5-3-2-4-6-13/h2-9,11,17-18,22H,10,20H2,1H3/t17-,18+/m1/s1. The molecule has 2 aromatic carbocycles. The molecule has 0 amide bonds. The Kier molecular flexibility index (Phi) is 3.96. The van der Waals surface area contributed by atoms with E-state index in [1.165, 1.54) is 12.1 Å². The zero-order chi connectivity index (χ0) is 15.7. The van der Waals surface area contributed by atoms with E-state index >= 15 is 0 Å². The Morgan fingerprint density at radius 2 is 1.91 bits per heavy atom. The van der Waals surface area contributed by atoms with Gasteiger partial charge in [0.25, 0.3) is 0 Å². The molecular formula is C18H19FN2O. The number of benzene rings is 2. The predicted octanol–water partition coefficient (Wildman–Crippen LogP) is 3.00. The monoisotopic (exact) mass is 298 g/mol. The van der Waals surface area contributed by atoms with Gasteiger partial charge in [0.1, 0.15) is 5.82 Å². The van der Waals surface area contributed by atoms with Gasteiger partial charge in [-0.25, -0.2) is 4.39 Å². The van der Waals surface area contributed by atoms with E-state index in [9.17, 15) is 9.50 Å². The highest BCUT2D eigenvalue weighted by molar-refractivity contribution is 5.84. The lowest BCUT2D eigenvalue weighted by atomic mass is 10.0. The average molecular weight is 298 g/mol. The van der Waals surface area contributed by atoms with Gasteiger partial charge in [-0.1, -0.05) is 30.3 Å². The first-order valence-corrected chi connectivity index (χ1v) is 7.31. The van der Waals surface area contributed by atoms with Crippen LogP contribution in [-0.2, 0) is 0 Å².